The smallest absolute Gasteiger partial charge is 0.132 e. The van der Waals surface area contributed by atoms with E-state index in [9.17, 15) is 0 Å². The van der Waals surface area contributed by atoms with E-state index in [-0.39, 0.29) is 6.61 Å². The topological polar surface area (TPSA) is 50.1 Å². The van der Waals surface area contributed by atoms with Crippen LogP contribution in [0.2, 0.25) is 0 Å². The third kappa shape index (κ3) is 2.79. The molecule has 2 N–H and O–H groups in total. The van der Waals surface area contributed by atoms with E-state index in [1.54, 1.807) is 0 Å². The summed E-state index contributed by atoms with van der Waals surface area (Å²) in [4.78, 5) is 0. The molecular weight excluding hydrogens is 238 g/mol. The Kier molecular flexibility index (Phi) is 4.22. The first kappa shape index (κ1) is 13.6. The highest BCUT2D eigenvalue weighted by Gasteiger charge is 2.11. The first-order valence-electron chi connectivity index (χ1n) is 6.61. The molecule has 1 heterocycles. The zero-order chi connectivity index (χ0) is 13.8. The van der Waals surface area contributed by atoms with Crippen LogP contribution < -0.4 is 5.32 Å². The van der Waals surface area contributed by atoms with Gasteiger partial charge in [0.2, 0.25) is 0 Å². The number of aliphatic hydroxyl groups excluding tert-OH is 1. The molecule has 0 aliphatic rings. The molecule has 0 amide bonds. The van der Waals surface area contributed by atoms with Crippen molar-refractivity contribution in [1.29, 1.82) is 0 Å². The SMILES string of the molecule is CNc1c(C)c(C)nn1-c1cccc(CCCO)c1. The van der Waals surface area contributed by atoms with Crippen molar-refractivity contribution >= 4 is 5.82 Å². The monoisotopic (exact) mass is 259 g/mol. The molecule has 0 fully saturated rings. The summed E-state index contributed by atoms with van der Waals surface area (Å²) in [6.45, 7) is 4.31. The van der Waals surface area contributed by atoms with Crippen molar-refractivity contribution in [3.8, 4) is 5.69 Å². The third-order valence-electron chi connectivity index (χ3n) is 3.38. The number of hydrogen-bond donors (Lipinski definition) is 2. The van der Waals surface area contributed by atoms with Crippen LogP contribution in [0.3, 0.4) is 0 Å². The maximum atomic E-state index is 8.91. The van der Waals surface area contributed by atoms with Gasteiger partial charge in [0, 0.05) is 19.2 Å². The number of nitrogens with zero attached hydrogens (tertiary/aromatic N) is 2. The minimum absolute atomic E-state index is 0.228. The van der Waals surface area contributed by atoms with Crippen molar-refractivity contribution in [2.45, 2.75) is 26.7 Å². The number of nitrogens with one attached hydrogen (secondary N) is 1. The van der Waals surface area contributed by atoms with Crippen molar-refractivity contribution in [3.63, 3.8) is 0 Å². The van der Waals surface area contributed by atoms with Gasteiger partial charge in [-0.25, -0.2) is 4.68 Å². The molecule has 4 nitrogen and oxygen atoms in total. The van der Waals surface area contributed by atoms with E-state index in [1.165, 1.54) is 11.1 Å². The van der Waals surface area contributed by atoms with Crippen LogP contribution in [0.25, 0.3) is 5.69 Å². The molecule has 0 aliphatic heterocycles. The molecule has 0 atom stereocenters. The lowest BCUT2D eigenvalue weighted by molar-refractivity contribution is 0.288. The molecule has 1 aromatic heterocycles. The summed E-state index contributed by atoms with van der Waals surface area (Å²) >= 11 is 0. The summed E-state index contributed by atoms with van der Waals surface area (Å²) in [5, 5.41) is 16.7. The average Bonchev–Trinajstić information content (AvgIpc) is 2.72. The lowest BCUT2D eigenvalue weighted by Crippen LogP contribution is -2.03. The second-order valence-electron chi connectivity index (χ2n) is 4.72. The summed E-state index contributed by atoms with van der Waals surface area (Å²) < 4.78 is 1.94. The van der Waals surface area contributed by atoms with Gasteiger partial charge in [0.15, 0.2) is 0 Å². The van der Waals surface area contributed by atoms with Gasteiger partial charge in [-0.05, 0) is 44.4 Å². The first-order chi connectivity index (χ1) is 9.17. The molecule has 19 heavy (non-hydrogen) atoms. The van der Waals surface area contributed by atoms with Crippen LogP contribution in [-0.2, 0) is 6.42 Å². The predicted octanol–water partition coefficient (Wildman–Crippen LogP) is 2.46. The summed E-state index contributed by atoms with van der Waals surface area (Å²) in [5.74, 6) is 1.02. The Balaban J connectivity index is 2.38. The van der Waals surface area contributed by atoms with Crippen molar-refractivity contribution in [2.75, 3.05) is 19.0 Å². The van der Waals surface area contributed by atoms with Crippen LogP contribution in [0, 0.1) is 13.8 Å². The standard InChI is InChI=1S/C15H21N3O/c1-11-12(2)17-18(15(11)16-3)14-8-4-6-13(10-14)7-5-9-19/h4,6,8,10,16,19H,5,7,9H2,1-3H3. The van der Waals surface area contributed by atoms with Crippen molar-refractivity contribution in [1.82, 2.24) is 9.78 Å². The molecule has 0 radical (unpaired) electrons. The fourth-order valence-electron chi connectivity index (χ4n) is 2.21. The summed E-state index contributed by atoms with van der Waals surface area (Å²) in [5.41, 5.74) is 4.48. The zero-order valence-electron chi connectivity index (χ0n) is 11.8. The van der Waals surface area contributed by atoms with Crippen LogP contribution in [0.15, 0.2) is 24.3 Å². The molecule has 0 saturated heterocycles. The highest BCUT2D eigenvalue weighted by Crippen LogP contribution is 2.22. The lowest BCUT2D eigenvalue weighted by atomic mass is 10.1. The molecule has 0 bridgehead atoms. The first-order valence-corrected chi connectivity index (χ1v) is 6.61. The summed E-state index contributed by atoms with van der Waals surface area (Å²) in [7, 11) is 1.91. The number of rotatable bonds is 5. The van der Waals surface area contributed by atoms with Crippen LogP contribution >= 0.6 is 0 Å². The van der Waals surface area contributed by atoms with E-state index >= 15 is 0 Å². The third-order valence-corrected chi connectivity index (χ3v) is 3.38. The number of aryl methyl sites for hydroxylation is 2. The van der Waals surface area contributed by atoms with E-state index in [2.05, 4.69) is 35.5 Å². The lowest BCUT2D eigenvalue weighted by Gasteiger charge is -2.09. The molecule has 0 unspecified atom stereocenters. The molecular formula is C15H21N3O. The molecule has 2 rings (SSSR count). The van der Waals surface area contributed by atoms with Crippen LogP contribution in [0.4, 0.5) is 5.82 Å². The number of anilines is 1. The molecule has 102 valence electrons. The van der Waals surface area contributed by atoms with E-state index in [0.29, 0.717) is 0 Å². The van der Waals surface area contributed by atoms with Crippen LogP contribution in [0.1, 0.15) is 23.2 Å². The minimum Gasteiger partial charge on any atom is -0.396 e. The van der Waals surface area contributed by atoms with Gasteiger partial charge in [0.1, 0.15) is 5.82 Å². The van der Waals surface area contributed by atoms with E-state index < -0.39 is 0 Å². The molecule has 4 heteroatoms. The van der Waals surface area contributed by atoms with Crippen LogP contribution in [0.5, 0.6) is 0 Å². The molecule has 0 aliphatic carbocycles. The fourth-order valence-corrected chi connectivity index (χ4v) is 2.21. The summed E-state index contributed by atoms with van der Waals surface area (Å²) in [6, 6.07) is 8.30. The molecule has 2 aromatic rings. The average molecular weight is 259 g/mol. The van der Waals surface area contributed by atoms with Gasteiger partial charge >= 0.3 is 0 Å². The van der Waals surface area contributed by atoms with Crippen molar-refractivity contribution in [3.05, 3.63) is 41.1 Å². The summed E-state index contributed by atoms with van der Waals surface area (Å²) in [6.07, 6.45) is 1.68. The zero-order valence-corrected chi connectivity index (χ0v) is 11.8. The number of benzene rings is 1. The van der Waals surface area contributed by atoms with Gasteiger partial charge in [0.05, 0.1) is 11.4 Å². The minimum atomic E-state index is 0.228. The number of aromatic nitrogens is 2. The van der Waals surface area contributed by atoms with E-state index in [1.807, 2.05) is 24.7 Å². The Hall–Kier alpha value is -1.81. The second-order valence-corrected chi connectivity index (χ2v) is 4.72. The van der Waals surface area contributed by atoms with Gasteiger partial charge in [0.25, 0.3) is 0 Å². The van der Waals surface area contributed by atoms with Gasteiger partial charge in [-0.15, -0.1) is 0 Å². The maximum absolute atomic E-state index is 8.91. The van der Waals surface area contributed by atoms with E-state index in [4.69, 9.17) is 5.11 Å². The Morgan fingerprint density at radius 1 is 1.32 bits per heavy atom. The van der Waals surface area contributed by atoms with Crippen LogP contribution in [-0.4, -0.2) is 28.5 Å². The molecule has 0 saturated carbocycles. The van der Waals surface area contributed by atoms with Crippen molar-refractivity contribution < 1.29 is 5.11 Å². The second kappa shape index (κ2) is 5.89. The number of hydrogen-bond acceptors (Lipinski definition) is 3. The normalized spacial score (nSPS) is 10.7. The van der Waals surface area contributed by atoms with Crippen molar-refractivity contribution in [2.24, 2.45) is 0 Å². The Labute approximate surface area is 114 Å². The maximum Gasteiger partial charge on any atom is 0.132 e. The highest BCUT2D eigenvalue weighted by atomic mass is 16.2. The quantitative estimate of drug-likeness (QED) is 0.867. The van der Waals surface area contributed by atoms with E-state index in [0.717, 1.165) is 30.0 Å². The van der Waals surface area contributed by atoms with Gasteiger partial charge in [-0.1, -0.05) is 12.1 Å². The van der Waals surface area contributed by atoms with Gasteiger partial charge < -0.3 is 10.4 Å². The predicted molar refractivity (Wildman–Crippen MR) is 78.0 cm³/mol. The number of aliphatic hydroxyl groups is 1. The Morgan fingerprint density at radius 2 is 2.11 bits per heavy atom. The molecule has 0 spiro atoms. The van der Waals surface area contributed by atoms with Gasteiger partial charge in [-0.2, -0.15) is 5.10 Å². The Morgan fingerprint density at radius 3 is 2.79 bits per heavy atom. The largest absolute Gasteiger partial charge is 0.396 e. The fraction of sp³-hybridized carbons (Fsp3) is 0.400. The highest BCUT2D eigenvalue weighted by molar-refractivity contribution is 5.52. The van der Waals surface area contributed by atoms with Gasteiger partial charge in [-0.3, -0.25) is 0 Å². The molecule has 1 aromatic carbocycles. The Bertz CT molecular complexity index is 561.